The lowest BCUT2D eigenvalue weighted by Gasteiger charge is -2.26. The van der Waals surface area contributed by atoms with E-state index in [4.69, 9.17) is 4.74 Å². The van der Waals surface area contributed by atoms with Crippen LogP contribution in [0.4, 0.5) is 5.95 Å². The predicted octanol–water partition coefficient (Wildman–Crippen LogP) is 3.07. The van der Waals surface area contributed by atoms with Crippen molar-refractivity contribution in [3.05, 3.63) is 11.8 Å². The Kier molecular flexibility index (Phi) is 5.39. The van der Waals surface area contributed by atoms with Crippen molar-refractivity contribution in [3.63, 3.8) is 0 Å². The third kappa shape index (κ3) is 5.16. The number of nitrogens with one attached hydrogen (secondary N) is 1. The monoisotopic (exact) mass is 293 g/mol. The predicted molar refractivity (Wildman–Crippen MR) is 83.7 cm³/mol. The highest BCUT2D eigenvalue weighted by molar-refractivity contribution is 5.31. The Morgan fingerprint density at radius 2 is 1.90 bits per heavy atom. The second kappa shape index (κ2) is 7.07. The molecule has 1 heterocycles. The van der Waals surface area contributed by atoms with Crippen LogP contribution in [-0.2, 0) is 0 Å². The normalized spacial score (nSPS) is 18.3. The van der Waals surface area contributed by atoms with Crippen LogP contribution in [0.1, 0.15) is 58.1 Å². The highest BCUT2D eigenvalue weighted by atomic mass is 16.5. The zero-order valence-corrected chi connectivity index (χ0v) is 13.4. The molecule has 5 heteroatoms. The van der Waals surface area contributed by atoms with Crippen molar-refractivity contribution in [2.24, 2.45) is 0 Å². The van der Waals surface area contributed by atoms with Crippen LogP contribution in [0.15, 0.2) is 6.07 Å². The molecule has 1 aliphatic rings. The van der Waals surface area contributed by atoms with Crippen molar-refractivity contribution in [3.8, 4) is 5.88 Å². The molecule has 1 fully saturated rings. The van der Waals surface area contributed by atoms with Gasteiger partial charge in [-0.15, -0.1) is 0 Å². The minimum atomic E-state index is -0.636. The number of rotatable bonds is 5. The van der Waals surface area contributed by atoms with Gasteiger partial charge in [0.1, 0.15) is 0 Å². The summed E-state index contributed by atoms with van der Waals surface area (Å²) in [5, 5.41) is 13.8. The molecule has 2 rings (SSSR count). The van der Waals surface area contributed by atoms with E-state index in [-0.39, 0.29) is 6.10 Å². The SMILES string of the molecule is Cc1cc(OC(C)C)nc(NCC2(O)CCCCCC2)n1. The maximum absolute atomic E-state index is 10.6. The molecule has 21 heavy (non-hydrogen) atoms. The molecule has 0 amide bonds. The van der Waals surface area contributed by atoms with Crippen LogP contribution in [0.5, 0.6) is 5.88 Å². The molecule has 5 nitrogen and oxygen atoms in total. The van der Waals surface area contributed by atoms with E-state index in [1.807, 2.05) is 26.8 Å². The summed E-state index contributed by atoms with van der Waals surface area (Å²) in [6.07, 6.45) is 6.40. The van der Waals surface area contributed by atoms with E-state index in [9.17, 15) is 5.11 Å². The number of nitrogens with zero attached hydrogens (tertiary/aromatic N) is 2. The van der Waals surface area contributed by atoms with Crippen molar-refractivity contribution in [2.45, 2.75) is 71.0 Å². The van der Waals surface area contributed by atoms with Crippen LogP contribution in [0, 0.1) is 6.92 Å². The van der Waals surface area contributed by atoms with Crippen LogP contribution in [0.3, 0.4) is 0 Å². The highest BCUT2D eigenvalue weighted by Gasteiger charge is 2.28. The minimum Gasteiger partial charge on any atom is -0.475 e. The van der Waals surface area contributed by atoms with Crippen LogP contribution in [0.2, 0.25) is 0 Å². The fraction of sp³-hybridized carbons (Fsp3) is 0.750. The maximum Gasteiger partial charge on any atom is 0.226 e. The highest BCUT2D eigenvalue weighted by Crippen LogP contribution is 2.27. The Morgan fingerprint density at radius 1 is 1.24 bits per heavy atom. The van der Waals surface area contributed by atoms with Gasteiger partial charge in [-0.2, -0.15) is 4.98 Å². The Hall–Kier alpha value is -1.36. The van der Waals surface area contributed by atoms with Gasteiger partial charge in [-0.25, -0.2) is 4.98 Å². The van der Waals surface area contributed by atoms with Crippen molar-refractivity contribution in [1.29, 1.82) is 0 Å². The van der Waals surface area contributed by atoms with E-state index in [1.54, 1.807) is 0 Å². The average molecular weight is 293 g/mol. The number of ether oxygens (including phenoxy) is 1. The van der Waals surface area contributed by atoms with E-state index < -0.39 is 5.60 Å². The number of hydrogen-bond acceptors (Lipinski definition) is 5. The zero-order valence-electron chi connectivity index (χ0n) is 13.4. The first-order valence-electron chi connectivity index (χ1n) is 7.95. The second-order valence-electron chi connectivity index (χ2n) is 6.33. The number of aliphatic hydroxyl groups is 1. The number of anilines is 1. The molecule has 118 valence electrons. The largest absolute Gasteiger partial charge is 0.475 e. The summed E-state index contributed by atoms with van der Waals surface area (Å²) in [6.45, 7) is 6.36. The lowest BCUT2D eigenvalue weighted by molar-refractivity contribution is 0.0379. The topological polar surface area (TPSA) is 67.3 Å². The van der Waals surface area contributed by atoms with E-state index in [0.717, 1.165) is 31.4 Å². The minimum absolute atomic E-state index is 0.0817. The molecule has 0 atom stereocenters. The number of aryl methyl sites for hydroxylation is 1. The lowest BCUT2D eigenvalue weighted by atomic mass is 9.95. The molecule has 0 spiro atoms. The second-order valence-corrected chi connectivity index (χ2v) is 6.33. The fourth-order valence-corrected chi connectivity index (χ4v) is 2.73. The van der Waals surface area contributed by atoms with Crippen molar-refractivity contribution >= 4 is 5.95 Å². The molecule has 2 N–H and O–H groups in total. The van der Waals surface area contributed by atoms with Gasteiger partial charge in [0, 0.05) is 18.3 Å². The van der Waals surface area contributed by atoms with E-state index in [0.29, 0.717) is 18.4 Å². The molecule has 1 aliphatic carbocycles. The first-order valence-corrected chi connectivity index (χ1v) is 7.95. The van der Waals surface area contributed by atoms with Gasteiger partial charge in [-0.1, -0.05) is 25.7 Å². The first-order chi connectivity index (χ1) is 9.97. The zero-order chi connectivity index (χ0) is 15.3. The van der Waals surface area contributed by atoms with Crippen LogP contribution in [0.25, 0.3) is 0 Å². The van der Waals surface area contributed by atoms with Gasteiger partial charge in [0.2, 0.25) is 11.8 Å². The lowest BCUT2D eigenvalue weighted by Crippen LogP contribution is -2.36. The molecular formula is C16H27N3O2. The fourth-order valence-electron chi connectivity index (χ4n) is 2.73. The molecule has 0 aromatic carbocycles. The van der Waals surface area contributed by atoms with Gasteiger partial charge >= 0.3 is 0 Å². The molecule has 0 aliphatic heterocycles. The van der Waals surface area contributed by atoms with Gasteiger partial charge < -0.3 is 15.2 Å². The smallest absolute Gasteiger partial charge is 0.226 e. The molecule has 0 unspecified atom stereocenters. The van der Waals surface area contributed by atoms with Gasteiger partial charge in [0.15, 0.2) is 0 Å². The van der Waals surface area contributed by atoms with E-state index in [1.165, 1.54) is 12.8 Å². The molecule has 1 saturated carbocycles. The Balaban J connectivity index is 2.00. The first kappa shape index (κ1) is 16.0. The molecule has 0 bridgehead atoms. The van der Waals surface area contributed by atoms with Crippen molar-refractivity contribution in [1.82, 2.24) is 9.97 Å². The number of hydrogen-bond donors (Lipinski definition) is 2. The standard InChI is InChI=1S/C16H27N3O2/c1-12(2)21-14-10-13(3)18-15(19-14)17-11-16(20)8-6-4-5-7-9-16/h10,12,20H,4-9,11H2,1-3H3,(H,17,18,19). The van der Waals surface area contributed by atoms with E-state index >= 15 is 0 Å². The van der Waals surface area contributed by atoms with Crippen LogP contribution < -0.4 is 10.1 Å². The Bertz CT molecular complexity index is 455. The summed E-state index contributed by atoms with van der Waals surface area (Å²) in [5.74, 6) is 1.11. The van der Waals surface area contributed by atoms with E-state index in [2.05, 4.69) is 15.3 Å². The number of aromatic nitrogens is 2. The summed E-state index contributed by atoms with van der Waals surface area (Å²) in [4.78, 5) is 8.72. The quantitative estimate of drug-likeness (QED) is 0.817. The maximum atomic E-state index is 10.6. The third-order valence-corrected chi connectivity index (χ3v) is 3.80. The van der Waals surface area contributed by atoms with Crippen LogP contribution in [-0.4, -0.2) is 33.3 Å². The van der Waals surface area contributed by atoms with Crippen molar-refractivity contribution in [2.75, 3.05) is 11.9 Å². The molecule has 1 aromatic heterocycles. The third-order valence-electron chi connectivity index (χ3n) is 3.80. The van der Waals surface area contributed by atoms with Crippen molar-refractivity contribution < 1.29 is 9.84 Å². The molecular weight excluding hydrogens is 266 g/mol. The average Bonchev–Trinajstić information content (AvgIpc) is 2.61. The van der Waals surface area contributed by atoms with Gasteiger partial charge in [-0.3, -0.25) is 0 Å². The van der Waals surface area contributed by atoms with Gasteiger partial charge in [0.05, 0.1) is 11.7 Å². The van der Waals surface area contributed by atoms with Gasteiger partial charge in [-0.05, 0) is 33.6 Å². The Morgan fingerprint density at radius 3 is 2.52 bits per heavy atom. The van der Waals surface area contributed by atoms with Gasteiger partial charge in [0.25, 0.3) is 0 Å². The van der Waals surface area contributed by atoms with Crippen LogP contribution >= 0.6 is 0 Å². The molecule has 1 aromatic rings. The summed E-state index contributed by atoms with van der Waals surface area (Å²) >= 11 is 0. The summed E-state index contributed by atoms with van der Waals surface area (Å²) in [7, 11) is 0. The summed E-state index contributed by atoms with van der Waals surface area (Å²) in [6, 6.07) is 1.82. The summed E-state index contributed by atoms with van der Waals surface area (Å²) < 4.78 is 5.62. The Labute approximate surface area is 127 Å². The molecule has 0 radical (unpaired) electrons. The summed E-state index contributed by atoms with van der Waals surface area (Å²) in [5.41, 5.74) is 0.221. The molecule has 0 saturated heterocycles.